The van der Waals surface area contributed by atoms with Crippen LogP contribution in [-0.2, 0) is 19.9 Å². The van der Waals surface area contributed by atoms with Crippen molar-refractivity contribution in [2.75, 3.05) is 0 Å². The molecule has 0 aromatic heterocycles. The SMILES string of the molecule is Cc1cc(C2(c3ccc(O)c(C)c3)OS(=O)(=O)c3ccccc32)ccc1O. The minimum atomic E-state index is -3.98. The van der Waals surface area contributed by atoms with Crippen LogP contribution in [0.3, 0.4) is 0 Å². The molecule has 5 nitrogen and oxygen atoms in total. The number of hydrogen-bond donors (Lipinski definition) is 2. The molecule has 0 amide bonds. The van der Waals surface area contributed by atoms with E-state index in [0.29, 0.717) is 27.8 Å². The maximum Gasteiger partial charge on any atom is 0.298 e. The Balaban J connectivity index is 2.12. The van der Waals surface area contributed by atoms with Crippen molar-refractivity contribution in [2.24, 2.45) is 0 Å². The smallest absolute Gasteiger partial charge is 0.298 e. The summed E-state index contributed by atoms with van der Waals surface area (Å²) in [5.74, 6) is 0.231. The van der Waals surface area contributed by atoms with Crippen LogP contribution in [0, 0.1) is 13.8 Å². The van der Waals surface area contributed by atoms with Crippen LogP contribution in [0.4, 0.5) is 0 Å². The van der Waals surface area contributed by atoms with Crippen LogP contribution in [0.1, 0.15) is 27.8 Å². The van der Waals surface area contributed by atoms with Crippen molar-refractivity contribution < 1.29 is 22.8 Å². The Morgan fingerprint density at radius 1 is 0.815 bits per heavy atom. The lowest BCUT2D eigenvalue weighted by molar-refractivity contribution is 0.180. The van der Waals surface area contributed by atoms with Gasteiger partial charge < -0.3 is 10.2 Å². The Labute approximate surface area is 157 Å². The standard InChI is InChI=1S/C21H18O5S/c1-13-11-15(7-9-18(13)22)21(16-8-10-19(23)14(2)12-16)17-5-3-4-6-20(17)27(24,25)26-21/h3-12,22-23H,1-2H3. The lowest BCUT2D eigenvalue weighted by Gasteiger charge is -2.30. The van der Waals surface area contributed by atoms with Crippen LogP contribution >= 0.6 is 0 Å². The van der Waals surface area contributed by atoms with Crippen molar-refractivity contribution in [3.8, 4) is 11.5 Å². The Bertz CT molecular complexity index is 1110. The lowest BCUT2D eigenvalue weighted by atomic mass is 9.79. The van der Waals surface area contributed by atoms with Crippen LogP contribution in [0.5, 0.6) is 11.5 Å². The second kappa shape index (κ2) is 5.84. The minimum absolute atomic E-state index is 0.112. The number of aryl methyl sites for hydroxylation is 2. The summed E-state index contributed by atoms with van der Waals surface area (Å²) in [6.45, 7) is 3.48. The van der Waals surface area contributed by atoms with E-state index in [0.717, 1.165) is 0 Å². The van der Waals surface area contributed by atoms with Crippen molar-refractivity contribution in [3.05, 3.63) is 88.5 Å². The van der Waals surface area contributed by atoms with E-state index in [1.54, 1.807) is 56.3 Å². The molecule has 0 radical (unpaired) electrons. The maximum atomic E-state index is 12.8. The first-order valence-electron chi connectivity index (χ1n) is 8.41. The van der Waals surface area contributed by atoms with Gasteiger partial charge in [-0.15, -0.1) is 0 Å². The van der Waals surface area contributed by atoms with Crippen molar-refractivity contribution in [1.29, 1.82) is 0 Å². The first-order valence-corrected chi connectivity index (χ1v) is 9.82. The van der Waals surface area contributed by atoms with Crippen molar-refractivity contribution in [3.63, 3.8) is 0 Å². The molecule has 0 fully saturated rings. The van der Waals surface area contributed by atoms with Gasteiger partial charge in [0.25, 0.3) is 10.1 Å². The molecule has 6 heteroatoms. The molecule has 3 aromatic carbocycles. The molecule has 0 spiro atoms. The summed E-state index contributed by atoms with van der Waals surface area (Å²) in [5.41, 5.74) is 1.47. The van der Waals surface area contributed by atoms with Gasteiger partial charge in [-0.3, -0.25) is 0 Å². The number of phenols is 2. The molecule has 0 aliphatic carbocycles. The third kappa shape index (κ3) is 2.52. The summed E-state index contributed by atoms with van der Waals surface area (Å²) < 4.78 is 31.4. The van der Waals surface area contributed by atoms with E-state index in [9.17, 15) is 18.6 Å². The van der Waals surface area contributed by atoms with Gasteiger partial charge in [0, 0.05) is 5.56 Å². The van der Waals surface area contributed by atoms with Crippen LogP contribution in [0.15, 0.2) is 65.6 Å². The fourth-order valence-corrected chi connectivity index (χ4v) is 4.98. The zero-order valence-corrected chi connectivity index (χ0v) is 15.6. The Morgan fingerprint density at radius 2 is 1.33 bits per heavy atom. The van der Waals surface area contributed by atoms with E-state index in [4.69, 9.17) is 4.18 Å². The molecule has 138 valence electrons. The highest BCUT2D eigenvalue weighted by atomic mass is 32.2. The summed E-state index contributed by atoms with van der Waals surface area (Å²) in [7, 11) is -3.98. The van der Waals surface area contributed by atoms with Crippen molar-refractivity contribution in [1.82, 2.24) is 0 Å². The minimum Gasteiger partial charge on any atom is -0.508 e. The number of phenolic OH excluding ortho intramolecular Hbond substituents is 2. The van der Waals surface area contributed by atoms with E-state index < -0.39 is 15.7 Å². The molecular weight excluding hydrogens is 364 g/mol. The predicted molar refractivity (Wildman–Crippen MR) is 100 cm³/mol. The van der Waals surface area contributed by atoms with Crippen LogP contribution in [0.2, 0.25) is 0 Å². The first-order chi connectivity index (χ1) is 12.8. The third-order valence-electron chi connectivity index (χ3n) is 4.98. The van der Waals surface area contributed by atoms with Crippen molar-refractivity contribution >= 4 is 10.1 Å². The van der Waals surface area contributed by atoms with Gasteiger partial charge >= 0.3 is 0 Å². The Morgan fingerprint density at radius 3 is 1.85 bits per heavy atom. The lowest BCUT2D eigenvalue weighted by Crippen LogP contribution is -2.29. The number of hydrogen-bond acceptors (Lipinski definition) is 5. The molecule has 0 saturated heterocycles. The maximum absolute atomic E-state index is 12.8. The summed E-state index contributed by atoms with van der Waals surface area (Å²) in [6, 6.07) is 16.5. The monoisotopic (exact) mass is 382 g/mol. The quantitative estimate of drug-likeness (QED) is 0.660. The number of rotatable bonds is 2. The van der Waals surface area contributed by atoms with E-state index in [1.807, 2.05) is 0 Å². The molecule has 27 heavy (non-hydrogen) atoms. The Hall–Kier alpha value is -2.83. The van der Waals surface area contributed by atoms with Gasteiger partial charge in [0.1, 0.15) is 16.4 Å². The van der Waals surface area contributed by atoms with Gasteiger partial charge in [0.15, 0.2) is 5.60 Å². The van der Waals surface area contributed by atoms with Crippen LogP contribution in [0.25, 0.3) is 0 Å². The van der Waals surface area contributed by atoms with Gasteiger partial charge in [0.2, 0.25) is 0 Å². The fraction of sp³-hybridized carbons (Fsp3) is 0.143. The van der Waals surface area contributed by atoms with Crippen LogP contribution < -0.4 is 0 Å². The Kier molecular flexibility index (Phi) is 3.80. The number of benzene rings is 3. The molecule has 1 aliphatic rings. The molecule has 3 aromatic rings. The normalized spacial score (nSPS) is 16.8. The molecule has 0 unspecified atom stereocenters. The topological polar surface area (TPSA) is 83.8 Å². The van der Waals surface area contributed by atoms with E-state index in [2.05, 4.69) is 0 Å². The summed E-state index contributed by atoms with van der Waals surface area (Å²) in [5, 5.41) is 19.9. The molecule has 0 atom stereocenters. The van der Waals surface area contributed by atoms with Crippen molar-refractivity contribution in [2.45, 2.75) is 24.3 Å². The van der Waals surface area contributed by atoms with Gasteiger partial charge in [-0.25, -0.2) is 4.18 Å². The highest BCUT2D eigenvalue weighted by Gasteiger charge is 2.51. The molecule has 0 bridgehead atoms. The highest BCUT2D eigenvalue weighted by Crippen LogP contribution is 2.51. The van der Waals surface area contributed by atoms with E-state index in [1.165, 1.54) is 18.2 Å². The molecule has 0 saturated carbocycles. The summed E-state index contributed by atoms with van der Waals surface area (Å²) in [6.07, 6.45) is 0. The second-order valence-corrected chi connectivity index (χ2v) is 8.23. The molecular formula is C21H18O5S. The summed E-state index contributed by atoms with van der Waals surface area (Å²) in [4.78, 5) is 0.112. The summed E-state index contributed by atoms with van der Waals surface area (Å²) >= 11 is 0. The fourth-order valence-electron chi connectivity index (χ4n) is 3.55. The van der Waals surface area contributed by atoms with Gasteiger partial charge in [-0.05, 0) is 66.4 Å². The third-order valence-corrected chi connectivity index (χ3v) is 6.34. The first kappa shape index (κ1) is 17.6. The molecule has 1 heterocycles. The average Bonchev–Trinajstić information content (AvgIpc) is 2.89. The molecule has 1 aliphatic heterocycles. The molecule has 2 N–H and O–H groups in total. The highest BCUT2D eigenvalue weighted by molar-refractivity contribution is 7.87. The number of aromatic hydroxyl groups is 2. The van der Waals surface area contributed by atoms with Gasteiger partial charge in [-0.1, -0.05) is 30.3 Å². The zero-order valence-electron chi connectivity index (χ0n) is 14.8. The largest absolute Gasteiger partial charge is 0.508 e. The number of fused-ring (bicyclic) bond motifs is 1. The van der Waals surface area contributed by atoms with Gasteiger partial charge in [-0.2, -0.15) is 8.42 Å². The second-order valence-electron chi connectivity index (χ2n) is 6.72. The predicted octanol–water partition coefficient (Wildman–Crippen LogP) is 3.73. The van der Waals surface area contributed by atoms with Gasteiger partial charge in [0.05, 0.1) is 0 Å². The molecule has 4 rings (SSSR count). The van der Waals surface area contributed by atoms with E-state index in [-0.39, 0.29) is 16.4 Å². The zero-order chi connectivity index (χ0) is 19.4. The average molecular weight is 382 g/mol. The van der Waals surface area contributed by atoms with E-state index >= 15 is 0 Å². The van der Waals surface area contributed by atoms with Crippen LogP contribution in [-0.4, -0.2) is 18.6 Å².